The van der Waals surface area contributed by atoms with Crippen LogP contribution in [-0.2, 0) is 7.05 Å². The van der Waals surface area contributed by atoms with Gasteiger partial charge in [0.1, 0.15) is 5.69 Å². The lowest BCUT2D eigenvalue weighted by Gasteiger charge is -2.19. The molecule has 0 saturated carbocycles. The number of hydrogen-bond acceptors (Lipinski definition) is 5. The molecular weight excluding hydrogens is 232 g/mol. The maximum Gasteiger partial charge on any atom is 0.232 e. The molecule has 0 aliphatic carbocycles. The highest BCUT2D eigenvalue weighted by Crippen LogP contribution is 2.28. The molecule has 0 saturated heterocycles. The first kappa shape index (κ1) is 12.8. The molecular formula is C12H18N4O2. The average molecular weight is 250 g/mol. The molecule has 1 N–H and O–H groups in total. The van der Waals surface area contributed by atoms with Crippen molar-refractivity contribution in [3.63, 3.8) is 0 Å². The van der Waals surface area contributed by atoms with Gasteiger partial charge in [-0.25, -0.2) is 4.98 Å². The van der Waals surface area contributed by atoms with E-state index in [0.29, 0.717) is 11.7 Å². The molecule has 0 amide bonds. The first-order valence-electron chi connectivity index (χ1n) is 5.99. The average Bonchev–Trinajstić information content (AvgIpc) is 2.85. The Hall–Kier alpha value is -1.69. The van der Waals surface area contributed by atoms with Crippen LogP contribution in [0.5, 0.6) is 0 Å². The molecule has 6 heteroatoms. The Labute approximate surface area is 106 Å². The van der Waals surface area contributed by atoms with Crippen molar-refractivity contribution in [2.24, 2.45) is 13.0 Å². The summed E-state index contributed by atoms with van der Waals surface area (Å²) >= 11 is 0. The smallest absolute Gasteiger partial charge is 0.232 e. The Morgan fingerprint density at radius 3 is 2.56 bits per heavy atom. The van der Waals surface area contributed by atoms with Crippen LogP contribution in [0.25, 0.3) is 11.5 Å². The van der Waals surface area contributed by atoms with Crippen LogP contribution in [-0.4, -0.2) is 30.9 Å². The van der Waals surface area contributed by atoms with Gasteiger partial charge >= 0.3 is 0 Å². The molecule has 98 valence electrons. The fourth-order valence-electron chi connectivity index (χ4n) is 2.10. The van der Waals surface area contributed by atoms with Crippen molar-refractivity contribution >= 4 is 0 Å². The zero-order valence-corrected chi connectivity index (χ0v) is 11.0. The lowest BCUT2D eigenvalue weighted by molar-refractivity contribution is 0.120. The predicted molar refractivity (Wildman–Crippen MR) is 65.8 cm³/mol. The van der Waals surface area contributed by atoms with Gasteiger partial charge in [0.25, 0.3) is 0 Å². The van der Waals surface area contributed by atoms with Crippen molar-refractivity contribution in [2.45, 2.75) is 32.8 Å². The minimum Gasteiger partial charge on any atom is -0.393 e. The van der Waals surface area contributed by atoms with E-state index in [1.165, 1.54) is 0 Å². The second-order valence-corrected chi connectivity index (χ2v) is 4.86. The van der Waals surface area contributed by atoms with Gasteiger partial charge in [0, 0.05) is 7.05 Å². The van der Waals surface area contributed by atoms with E-state index in [1.807, 2.05) is 25.5 Å². The van der Waals surface area contributed by atoms with Gasteiger partial charge < -0.3 is 14.2 Å². The summed E-state index contributed by atoms with van der Waals surface area (Å²) in [6, 6.07) is 0. The first-order valence-corrected chi connectivity index (χ1v) is 5.99. The second kappa shape index (κ2) is 4.89. The van der Waals surface area contributed by atoms with Crippen molar-refractivity contribution in [1.82, 2.24) is 19.7 Å². The van der Waals surface area contributed by atoms with E-state index in [4.69, 9.17) is 4.52 Å². The molecule has 6 nitrogen and oxygen atoms in total. The van der Waals surface area contributed by atoms with E-state index >= 15 is 0 Å². The summed E-state index contributed by atoms with van der Waals surface area (Å²) in [6.07, 6.45) is 2.84. The number of aliphatic hydroxyl groups excluding tert-OH is 1. The maximum absolute atomic E-state index is 9.79. The molecule has 0 fully saturated rings. The number of aromatic nitrogens is 4. The topological polar surface area (TPSA) is 77.0 Å². The molecule has 0 radical (unpaired) electrons. The second-order valence-electron chi connectivity index (χ2n) is 4.86. The minimum atomic E-state index is -0.523. The van der Waals surface area contributed by atoms with Crippen molar-refractivity contribution in [2.75, 3.05) is 0 Å². The van der Waals surface area contributed by atoms with Crippen molar-refractivity contribution in [3.05, 3.63) is 18.4 Å². The van der Waals surface area contributed by atoms with E-state index < -0.39 is 6.10 Å². The van der Waals surface area contributed by atoms with E-state index in [1.54, 1.807) is 19.4 Å². The van der Waals surface area contributed by atoms with E-state index in [2.05, 4.69) is 15.1 Å². The van der Waals surface area contributed by atoms with Crippen LogP contribution in [0.15, 0.2) is 17.0 Å². The summed E-state index contributed by atoms with van der Waals surface area (Å²) in [5.41, 5.74) is 0.790. The number of nitrogens with zero attached hydrogens (tertiary/aromatic N) is 4. The zero-order valence-electron chi connectivity index (χ0n) is 11.0. The van der Waals surface area contributed by atoms with Gasteiger partial charge in [-0.3, -0.25) is 0 Å². The minimum absolute atomic E-state index is 0.153. The summed E-state index contributed by atoms with van der Waals surface area (Å²) in [5.74, 6) is 1.04. The molecule has 0 aromatic carbocycles. The summed E-state index contributed by atoms with van der Waals surface area (Å²) in [6.45, 7) is 5.77. The molecule has 0 spiro atoms. The highest BCUT2D eigenvalue weighted by Gasteiger charge is 2.27. The van der Waals surface area contributed by atoms with Crippen LogP contribution in [0.3, 0.4) is 0 Å². The van der Waals surface area contributed by atoms with Gasteiger partial charge in [0.15, 0.2) is 0 Å². The third-order valence-electron chi connectivity index (χ3n) is 3.01. The van der Waals surface area contributed by atoms with Crippen LogP contribution in [0.2, 0.25) is 0 Å². The summed E-state index contributed by atoms with van der Waals surface area (Å²) in [5, 5.41) is 13.7. The third kappa shape index (κ3) is 2.28. The summed E-state index contributed by atoms with van der Waals surface area (Å²) in [7, 11) is 1.87. The lowest BCUT2D eigenvalue weighted by Crippen LogP contribution is -2.20. The molecule has 2 aromatic heterocycles. The number of aryl methyl sites for hydroxylation is 1. The first-order chi connectivity index (χ1) is 8.50. The Morgan fingerprint density at radius 2 is 2.06 bits per heavy atom. The molecule has 0 aliphatic heterocycles. The highest BCUT2D eigenvalue weighted by molar-refractivity contribution is 5.47. The van der Waals surface area contributed by atoms with Crippen LogP contribution in [0, 0.1) is 5.92 Å². The van der Waals surface area contributed by atoms with Gasteiger partial charge in [-0.05, 0) is 12.8 Å². The summed E-state index contributed by atoms with van der Waals surface area (Å²) in [4.78, 5) is 8.37. The standard InChI is InChI=1S/C12H18N4O2/c1-7(2)10(8(3)17)12-14-11(15-18-12)9-5-13-6-16(9)4/h5-8,10,17H,1-4H3. The van der Waals surface area contributed by atoms with Gasteiger partial charge in [-0.1, -0.05) is 19.0 Å². The highest BCUT2D eigenvalue weighted by atomic mass is 16.5. The van der Waals surface area contributed by atoms with Crippen molar-refractivity contribution in [3.8, 4) is 11.5 Å². The van der Waals surface area contributed by atoms with E-state index in [0.717, 1.165) is 5.69 Å². The molecule has 2 heterocycles. The van der Waals surface area contributed by atoms with Gasteiger partial charge in [0.05, 0.1) is 24.5 Å². The van der Waals surface area contributed by atoms with Crippen molar-refractivity contribution in [1.29, 1.82) is 0 Å². The van der Waals surface area contributed by atoms with Crippen LogP contribution in [0.1, 0.15) is 32.6 Å². The molecule has 2 unspecified atom stereocenters. The number of hydrogen-bond donors (Lipinski definition) is 1. The third-order valence-corrected chi connectivity index (χ3v) is 3.01. The fraction of sp³-hybridized carbons (Fsp3) is 0.583. The molecule has 2 rings (SSSR count). The zero-order chi connectivity index (χ0) is 13.3. The molecule has 18 heavy (non-hydrogen) atoms. The van der Waals surface area contributed by atoms with E-state index in [-0.39, 0.29) is 11.8 Å². The molecule has 2 aromatic rings. The van der Waals surface area contributed by atoms with Crippen molar-refractivity contribution < 1.29 is 9.63 Å². The Balaban J connectivity index is 2.33. The lowest BCUT2D eigenvalue weighted by atomic mass is 9.91. The fourth-order valence-corrected chi connectivity index (χ4v) is 2.10. The molecule has 0 bridgehead atoms. The quantitative estimate of drug-likeness (QED) is 0.891. The largest absolute Gasteiger partial charge is 0.393 e. The van der Waals surface area contributed by atoms with E-state index in [9.17, 15) is 5.11 Å². The Morgan fingerprint density at radius 1 is 1.33 bits per heavy atom. The Bertz CT molecular complexity index is 508. The van der Waals surface area contributed by atoms with Gasteiger partial charge in [-0.2, -0.15) is 4.98 Å². The van der Waals surface area contributed by atoms with Gasteiger partial charge in [-0.15, -0.1) is 0 Å². The number of rotatable bonds is 4. The monoisotopic (exact) mass is 250 g/mol. The SMILES string of the molecule is CC(C)C(c1nc(-c2cncn2C)no1)C(C)O. The number of aliphatic hydroxyl groups is 1. The normalized spacial score (nSPS) is 15.0. The Kier molecular flexibility index (Phi) is 3.47. The molecule has 0 aliphatic rings. The van der Waals surface area contributed by atoms with Crippen LogP contribution >= 0.6 is 0 Å². The maximum atomic E-state index is 9.79. The van der Waals surface area contributed by atoms with Crippen LogP contribution in [0.4, 0.5) is 0 Å². The summed E-state index contributed by atoms with van der Waals surface area (Å²) < 4.78 is 7.09. The van der Waals surface area contributed by atoms with Gasteiger partial charge in [0.2, 0.25) is 11.7 Å². The predicted octanol–water partition coefficient (Wildman–Crippen LogP) is 1.59. The molecule has 2 atom stereocenters. The van der Waals surface area contributed by atoms with Crippen LogP contribution < -0.4 is 0 Å². The number of imidazole rings is 1.